The second-order valence-corrected chi connectivity index (χ2v) is 5.26. The first-order chi connectivity index (χ1) is 10.2. The molecule has 0 aliphatic rings. The van der Waals surface area contributed by atoms with Gasteiger partial charge < -0.3 is 14.2 Å². The number of para-hydroxylation sites is 2. The quantitative estimate of drug-likeness (QED) is 0.771. The molecule has 3 aromatic rings. The van der Waals surface area contributed by atoms with Crippen molar-refractivity contribution in [3.8, 4) is 0 Å². The molecule has 0 radical (unpaired) electrons. The van der Waals surface area contributed by atoms with E-state index in [1.807, 2.05) is 38.1 Å². The number of aryl methyl sites for hydroxylation is 2. The minimum absolute atomic E-state index is 0.153. The summed E-state index contributed by atoms with van der Waals surface area (Å²) < 4.78 is 11.5. The van der Waals surface area contributed by atoms with Crippen molar-refractivity contribution < 1.29 is 8.83 Å². The lowest BCUT2D eigenvalue weighted by atomic mass is 10.0. The van der Waals surface area contributed by atoms with Gasteiger partial charge in [-0.1, -0.05) is 19.1 Å². The lowest BCUT2D eigenvalue weighted by Crippen LogP contribution is -2.23. The topological polar surface area (TPSA) is 51.2 Å². The SMILES string of the molecule is CCNC(Cc1nc2ccccc2o1)c1cc(C)oc1C. The van der Waals surface area contributed by atoms with E-state index in [4.69, 9.17) is 8.83 Å². The second-order valence-electron chi connectivity index (χ2n) is 5.26. The van der Waals surface area contributed by atoms with Gasteiger partial charge in [0.05, 0.1) is 0 Å². The van der Waals surface area contributed by atoms with E-state index in [2.05, 4.69) is 23.3 Å². The van der Waals surface area contributed by atoms with E-state index < -0.39 is 0 Å². The minimum Gasteiger partial charge on any atom is -0.466 e. The number of nitrogens with one attached hydrogen (secondary N) is 1. The van der Waals surface area contributed by atoms with Crippen LogP contribution in [-0.2, 0) is 6.42 Å². The second kappa shape index (κ2) is 5.74. The van der Waals surface area contributed by atoms with Gasteiger partial charge in [-0.3, -0.25) is 0 Å². The molecule has 1 N–H and O–H groups in total. The molecule has 110 valence electrons. The van der Waals surface area contributed by atoms with Gasteiger partial charge in [-0.15, -0.1) is 0 Å². The van der Waals surface area contributed by atoms with E-state index in [-0.39, 0.29) is 6.04 Å². The normalized spacial score (nSPS) is 12.9. The number of hydrogen-bond donors (Lipinski definition) is 1. The van der Waals surface area contributed by atoms with Crippen LogP contribution in [0.2, 0.25) is 0 Å². The Bertz CT molecular complexity index is 709. The van der Waals surface area contributed by atoms with Crippen LogP contribution in [0.25, 0.3) is 11.1 Å². The number of likely N-dealkylation sites (N-methyl/N-ethyl adjacent to an activating group) is 1. The molecule has 2 aromatic heterocycles. The molecule has 0 amide bonds. The van der Waals surface area contributed by atoms with E-state index >= 15 is 0 Å². The number of fused-ring (bicyclic) bond motifs is 1. The van der Waals surface area contributed by atoms with Crippen LogP contribution in [0.4, 0.5) is 0 Å². The van der Waals surface area contributed by atoms with E-state index in [9.17, 15) is 0 Å². The minimum atomic E-state index is 0.153. The van der Waals surface area contributed by atoms with Crippen molar-refractivity contribution in [2.24, 2.45) is 0 Å². The summed E-state index contributed by atoms with van der Waals surface area (Å²) in [6.07, 6.45) is 0.711. The average molecular weight is 284 g/mol. The summed E-state index contributed by atoms with van der Waals surface area (Å²) in [5, 5.41) is 3.49. The molecule has 2 heterocycles. The van der Waals surface area contributed by atoms with E-state index in [0.29, 0.717) is 6.42 Å². The summed E-state index contributed by atoms with van der Waals surface area (Å²) in [6.45, 7) is 6.95. The Labute approximate surface area is 124 Å². The average Bonchev–Trinajstić information content (AvgIpc) is 3.00. The van der Waals surface area contributed by atoms with Gasteiger partial charge in [0.1, 0.15) is 17.0 Å². The van der Waals surface area contributed by atoms with Gasteiger partial charge in [-0.05, 0) is 38.6 Å². The number of aromatic nitrogens is 1. The van der Waals surface area contributed by atoms with Crippen LogP contribution < -0.4 is 5.32 Å². The van der Waals surface area contributed by atoms with Crippen molar-refractivity contribution in [2.75, 3.05) is 6.54 Å². The summed E-state index contributed by atoms with van der Waals surface area (Å²) in [6, 6.07) is 10.1. The van der Waals surface area contributed by atoms with Crippen molar-refractivity contribution in [3.05, 3.63) is 53.3 Å². The number of nitrogens with zero attached hydrogens (tertiary/aromatic N) is 1. The van der Waals surface area contributed by atoms with Crippen molar-refractivity contribution in [2.45, 2.75) is 33.2 Å². The smallest absolute Gasteiger partial charge is 0.197 e. The molecule has 1 unspecified atom stereocenters. The fourth-order valence-electron chi connectivity index (χ4n) is 2.72. The molecule has 0 aliphatic carbocycles. The maximum atomic E-state index is 5.83. The molecular formula is C17H20N2O2. The monoisotopic (exact) mass is 284 g/mol. The van der Waals surface area contributed by atoms with Crippen molar-refractivity contribution >= 4 is 11.1 Å². The molecule has 0 aliphatic heterocycles. The molecule has 1 atom stereocenters. The third kappa shape index (κ3) is 2.85. The van der Waals surface area contributed by atoms with Crippen LogP contribution in [-0.4, -0.2) is 11.5 Å². The standard InChI is InChI=1S/C17H20N2O2/c1-4-18-15(13-9-11(2)20-12(13)3)10-17-19-14-7-5-6-8-16(14)21-17/h5-9,15,18H,4,10H2,1-3H3. The predicted octanol–water partition coefficient (Wildman–Crippen LogP) is 3.93. The molecular weight excluding hydrogens is 264 g/mol. The maximum Gasteiger partial charge on any atom is 0.197 e. The van der Waals surface area contributed by atoms with Crippen LogP contribution in [0, 0.1) is 13.8 Å². The summed E-state index contributed by atoms with van der Waals surface area (Å²) >= 11 is 0. The lowest BCUT2D eigenvalue weighted by Gasteiger charge is -2.15. The molecule has 4 nitrogen and oxygen atoms in total. The summed E-state index contributed by atoms with van der Waals surface area (Å²) in [7, 11) is 0. The maximum absolute atomic E-state index is 5.83. The Balaban J connectivity index is 1.89. The summed E-state index contributed by atoms with van der Waals surface area (Å²) in [4.78, 5) is 4.56. The Kier molecular flexibility index (Phi) is 3.80. The van der Waals surface area contributed by atoms with Gasteiger partial charge >= 0.3 is 0 Å². The van der Waals surface area contributed by atoms with Gasteiger partial charge in [0.2, 0.25) is 0 Å². The van der Waals surface area contributed by atoms with Crippen LogP contribution in [0.3, 0.4) is 0 Å². The molecule has 0 saturated heterocycles. The highest BCUT2D eigenvalue weighted by atomic mass is 16.3. The molecule has 1 aromatic carbocycles. The number of furan rings is 1. The number of benzene rings is 1. The fraction of sp³-hybridized carbons (Fsp3) is 0.353. The third-order valence-electron chi connectivity index (χ3n) is 3.62. The third-order valence-corrected chi connectivity index (χ3v) is 3.62. The predicted molar refractivity (Wildman–Crippen MR) is 82.3 cm³/mol. The Hall–Kier alpha value is -2.07. The molecule has 0 spiro atoms. The van der Waals surface area contributed by atoms with Gasteiger partial charge in [-0.2, -0.15) is 0 Å². The first kappa shape index (κ1) is 13.9. The zero-order chi connectivity index (χ0) is 14.8. The van der Waals surface area contributed by atoms with Crippen LogP contribution >= 0.6 is 0 Å². The summed E-state index contributed by atoms with van der Waals surface area (Å²) in [5.41, 5.74) is 2.92. The Morgan fingerprint density at radius 1 is 1.19 bits per heavy atom. The first-order valence-corrected chi connectivity index (χ1v) is 7.32. The molecule has 0 fully saturated rings. The van der Waals surface area contributed by atoms with Gasteiger partial charge in [0.15, 0.2) is 11.5 Å². The molecule has 4 heteroatoms. The van der Waals surface area contributed by atoms with Gasteiger partial charge in [0, 0.05) is 18.0 Å². The Morgan fingerprint density at radius 3 is 2.67 bits per heavy atom. The van der Waals surface area contributed by atoms with Crippen molar-refractivity contribution in [3.63, 3.8) is 0 Å². The highest BCUT2D eigenvalue weighted by molar-refractivity contribution is 5.72. The van der Waals surface area contributed by atoms with Crippen LogP contribution in [0.5, 0.6) is 0 Å². The Morgan fingerprint density at radius 2 is 2.00 bits per heavy atom. The highest BCUT2D eigenvalue weighted by Gasteiger charge is 2.19. The fourth-order valence-corrected chi connectivity index (χ4v) is 2.72. The van der Waals surface area contributed by atoms with Crippen molar-refractivity contribution in [1.82, 2.24) is 10.3 Å². The molecule has 3 rings (SSSR count). The van der Waals surface area contributed by atoms with Crippen molar-refractivity contribution in [1.29, 1.82) is 0 Å². The van der Waals surface area contributed by atoms with Crippen LogP contribution in [0.1, 0.15) is 35.9 Å². The highest BCUT2D eigenvalue weighted by Crippen LogP contribution is 2.26. The van der Waals surface area contributed by atoms with E-state index in [1.165, 1.54) is 5.56 Å². The van der Waals surface area contributed by atoms with E-state index in [1.54, 1.807) is 0 Å². The van der Waals surface area contributed by atoms with Gasteiger partial charge in [-0.25, -0.2) is 4.98 Å². The summed E-state index contributed by atoms with van der Waals surface area (Å²) in [5.74, 6) is 2.64. The zero-order valence-electron chi connectivity index (χ0n) is 12.6. The zero-order valence-corrected chi connectivity index (χ0v) is 12.6. The van der Waals surface area contributed by atoms with Gasteiger partial charge in [0.25, 0.3) is 0 Å². The molecule has 0 bridgehead atoms. The lowest BCUT2D eigenvalue weighted by molar-refractivity contribution is 0.448. The molecule has 0 saturated carbocycles. The largest absolute Gasteiger partial charge is 0.466 e. The number of rotatable bonds is 5. The number of oxazole rings is 1. The number of hydrogen-bond acceptors (Lipinski definition) is 4. The van der Waals surface area contributed by atoms with Crippen LogP contribution in [0.15, 0.2) is 39.2 Å². The first-order valence-electron chi connectivity index (χ1n) is 7.32. The van der Waals surface area contributed by atoms with E-state index in [0.717, 1.165) is 35.1 Å². The molecule has 21 heavy (non-hydrogen) atoms.